The lowest BCUT2D eigenvalue weighted by molar-refractivity contribution is -0.117. The molecule has 0 spiro atoms. The maximum Gasteiger partial charge on any atom is 0.237 e. The van der Waals surface area contributed by atoms with Crippen LogP contribution >= 0.6 is 10.7 Å². The first-order valence-corrected chi connectivity index (χ1v) is 7.41. The summed E-state index contributed by atoms with van der Waals surface area (Å²) in [5.74, 6) is -0.232. The van der Waals surface area contributed by atoms with Gasteiger partial charge in [-0.15, -0.1) is 0 Å². The number of carbonyl (C=O) groups is 1. The summed E-state index contributed by atoms with van der Waals surface area (Å²) in [6.07, 6.45) is 1.52. The van der Waals surface area contributed by atoms with Gasteiger partial charge in [-0.3, -0.25) is 9.78 Å². The van der Waals surface area contributed by atoms with Crippen molar-refractivity contribution in [2.45, 2.75) is 18.6 Å². The number of hydrogen-bond donors (Lipinski definition) is 0. The topological polar surface area (TPSA) is 67.3 Å². The van der Waals surface area contributed by atoms with Gasteiger partial charge in [0.15, 0.2) is 0 Å². The standard InChI is InChI=1S/C10H11ClN2O3S/c1-7-4-8(2-3-12-7)13-6-9(5-10(13)14)17(11,15)16/h2-4,9H,5-6H2,1H3. The number of aryl methyl sites for hydroxylation is 1. The van der Waals surface area contributed by atoms with Gasteiger partial charge in [0.1, 0.15) is 5.25 Å². The van der Waals surface area contributed by atoms with Crippen LogP contribution in [0.25, 0.3) is 0 Å². The number of pyridine rings is 1. The molecule has 0 radical (unpaired) electrons. The molecule has 0 aliphatic carbocycles. The minimum atomic E-state index is -3.69. The van der Waals surface area contributed by atoms with E-state index in [2.05, 4.69) is 4.98 Å². The van der Waals surface area contributed by atoms with Crippen LogP contribution in [0.5, 0.6) is 0 Å². The first-order chi connectivity index (χ1) is 7.88. The van der Waals surface area contributed by atoms with E-state index in [0.29, 0.717) is 5.69 Å². The van der Waals surface area contributed by atoms with Crippen molar-refractivity contribution in [3.05, 3.63) is 24.0 Å². The lowest BCUT2D eigenvalue weighted by Gasteiger charge is -2.16. The largest absolute Gasteiger partial charge is 0.311 e. The normalized spacial score (nSPS) is 20.9. The zero-order valence-electron chi connectivity index (χ0n) is 9.13. The van der Waals surface area contributed by atoms with E-state index >= 15 is 0 Å². The van der Waals surface area contributed by atoms with Crippen LogP contribution in [0, 0.1) is 6.92 Å². The molecule has 1 atom stereocenters. The van der Waals surface area contributed by atoms with Gasteiger partial charge in [-0.2, -0.15) is 0 Å². The van der Waals surface area contributed by atoms with Gasteiger partial charge in [-0.25, -0.2) is 8.42 Å². The van der Waals surface area contributed by atoms with Crippen molar-refractivity contribution < 1.29 is 13.2 Å². The molecule has 1 aliphatic rings. The van der Waals surface area contributed by atoms with Gasteiger partial charge in [-0.1, -0.05) is 0 Å². The fourth-order valence-corrected chi connectivity index (χ4v) is 2.84. The lowest BCUT2D eigenvalue weighted by atomic mass is 10.3. The molecule has 1 amide bonds. The van der Waals surface area contributed by atoms with E-state index in [0.717, 1.165) is 5.69 Å². The SMILES string of the molecule is Cc1cc(N2CC(S(=O)(=O)Cl)CC2=O)ccn1. The summed E-state index contributed by atoms with van der Waals surface area (Å²) in [7, 11) is 1.58. The molecule has 0 saturated carbocycles. The van der Waals surface area contributed by atoms with Crippen molar-refractivity contribution >= 4 is 31.3 Å². The second-order valence-electron chi connectivity index (χ2n) is 3.96. The van der Waals surface area contributed by atoms with Crippen LogP contribution < -0.4 is 4.90 Å². The molecule has 1 aliphatic heterocycles. The van der Waals surface area contributed by atoms with Crippen LogP contribution in [0.2, 0.25) is 0 Å². The third kappa shape index (κ3) is 2.58. The van der Waals surface area contributed by atoms with Gasteiger partial charge in [0.05, 0.1) is 0 Å². The summed E-state index contributed by atoms with van der Waals surface area (Å²) in [5.41, 5.74) is 1.43. The van der Waals surface area contributed by atoms with E-state index in [-0.39, 0.29) is 18.9 Å². The number of carbonyl (C=O) groups excluding carboxylic acids is 1. The number of aromatic nitrogens is 1. The summed E-state index contributed by atoms with van der Waals surface area (Å²) < 4.78 is 22.4. The van der Waals surface area contributed by atoms with Gasteiger partial charge >= 0.3 is 0 Å². The number of amides is 1. The molecule has 1 fully saturated rings. The van der Waals surface area contributed by atoms with E-state index in [1.54, 1.807) is 25.3 Å². The quantitative estimate of drug-likeness (QED) is 0.757. The van der Waals surface area contributed by atoms with Crippen molar-refractivity contribution in [2.24, 2.45) is 0 Å². The van der Waals surface area contributed by atoms with Crippen molar-refractivity contribution in [1.82, 2.24) is 4.98 Å². The average molecular weight is 275 g/mol. The molecule has 1 unspecified atom stereocenters. The Kier molecular flexibility index (Phi) is 3.09. The Morgan fingerprint density at radius 3 is 2.76 bits per heavy atom. The molecule has 1 aromatic rings. The predicted molar refractivity (Wildman–Crippen MR) is 64.5 cm³/mol. The maximum atomic E-state index is 11.7. The van der Waals surface area contributed by atoms with Gasteiger partial charge in [0.2, 0.25) is 15.0 Å². The van der Waals surface area contributed by atoms with Crippen LogP contribution in [-0.4, -0.2) is 31.1 Å². The van der Waals surface area contributed by atoms with Crippen LogP contribution in [0.15, 0.2) is 18.3 Å². The van der Waals surface area contributed by atoms with Crippen LogP contribution in [0.4, 0.5) is 5.69 Å². The molecule has 2 heterocycles. The molecule has 0 bridgehead atoms. The molecule has 2 rings (SSSR count). The van der Waals surface area contributed by atoms with Gasteiger partial charge < -0.3 is 4.90 Å². The second kappa shape index (κ2) is 4.27. The highest BCUT2D eigenvalue weighted by Crippen LogP contribution is 2.26. The molecule has 1 aromatic heterocycles. The lowest BCUT2D eigenvalue weighted by Crippen LogP contribution is -2.26. The Morgan fingerprint density at radius 1 is 1.53 bits per heavy atom. The van der Waals surface area contributed by atoms with Crippen molar-refractivity contribution in [3.8, 4) is 0 Å². The highest BCUT2D eigenvalue weighted by atomic mass is 35.7. The molecule has 1 saturated heterocycles. The number of halogens is 1. The summed E-state index contributed by atoms with van der Waals surface area (Å²) in [6.45, 7) is 1.91. The van der Waals surface area contributed by atoms with E-state index in [1.807, 2.05) is 0 Å². The number of nitrogens with zero attached hydrogens (tertiary/aromatic N) is 2. The van der Waals surface area contributed by atoms with Gasteiger partial charge in [-0.05, 0) is 19.1 Å². The molecule has 92 valence electrons. The molecule has 0 N–H and O–H groups in total. The average Bonchev–Trinajstić information content (AvgIpc) is 2.60. The summed E-state index contributed by atoms with van der Waals surface area (Å²) in [5, 5.41) is -0.829. The van der Waals surface area contributed by atoms with Crippen molar-refractivity contribution in [1.29, 1.82) is 0 Å². The third-order valence-corrected chi connectivity index (χ3v) is 4.55. The molecular formula is C10H11ClN2O3S. The number of hydrogen-bond acceptors (Lipinski definition) is 4. The van der Waals surface area contributed by atoms with E-state index in [1.165, 1.54) is 4.90 Å². The Balaban J connectivity index is 2.28. The molecule has 0 aromatic carbocycles. The third-order valence-electron chi connectivity index (χ3n) is 2.68. The fraction of sp³-hybridized carbons (Fsp3) is 0.400. The van der Waals surface area contributed by atoms with E-state index in [4.69, 9.17) is 10.7 Å². The van der Waals surface area contributed by atoms with Crippen molar-refractivity contribution in [3.63, 3.8) is 0 Å². The fourth-order valence-electron chi connectivity index (χ4n) is 1.81. The summed E-state index contributed by atoms with van der Waals surface area (Å²) in [4.78, 5) is 17.2. The molecule has 7 heteroatoms. The first kappa shape index (κ1) is 12.3. The minimum Gasteiger partial charge on any atom is -0.311 e. The Bertz CT molecular complexity index is 558. The summed E-state index contributed by atoms with van der Waals surface area (Å²) >= 11 is 0. The highest BCUT2D eigenvalue weighted by molar-refractivity contribution is 8.14. The number of anilines is 1. The maximum absolute atomic E-state index is 11.7. The van der Waals surface area contributed by atoms with Gasteiger partial charge in [0, 0.05) is 41.2 Å². The predicted octanol–water partition coefficient (Wildman–Crippen LogP) is 1.06. The minimum absolute atomic E-state index is 0.0623. The van der Waals surface area contributed by atoms with Crippen LogP contribution in [-0.2, 0) is 13.8 Å². The molecule has 17 heavy (non-hydrogen) atoms. The monoisotopic (exact) mass is 274 g/mol. The van der Waals surface area contributed by atoms with Crippen molar-refractivity contribution in [2.75, 3.05) is 11.4 Å². The molecule has 5 nitrogen and oxygen atoms in total. The smallest absolute Gasteiger partial charge is 0.237 e. The van der Waals surface area contributed by atoms with E-state index in [9.17, 15) is 13.2 Å². The first-order valence-electron chi connectivity index (χ1n) is 5.04. The number of rotatable bonds is 2. The molecular weight excluding hydrogens is 264 g/mol. The van der Waals surface area contributed by atoms with Gasteiger partial charge in [0.25, 0.3) is 0 Å². The second-order valence-corrected chi connectivity index (χ2v) is 6.87. The summed E-state index contributed by atoms with van der Waals surface area (Å²) in [6, 6.07) is 3.41. The van der Waals surface area contributed by atoms with Crippen LogP contribution in [0.1, 0.15) is 12.1 Å². The zero-order chi connectivity index (χ0) is 12.6. The zero-order valence-corrected chi connectivity index (χ0v) is 10.7. The Morgan fingerprint density at radius 2 is 2.24 bits per heavy atom. The highest BCUT2D eigenvalue weighted by Gasteiger charge is 2.37. The Labute approximate surface area is 104 Å². The Hall–Kier alpha value is -1.14. The van der Waals surface area contributed by atoms with E-state index < -0.39 is 14.3 Å². The van der Waals surface area contributed by atoms with Crippen LogP contribution in [0.3, 0.4) is 0 Å².